The van der Waals surface area contributed by atoms with E-state index < -0.39 is 5.41 Å². The van der Waals surface area contributed by atoms with Gasteiger partial charge in [-0.25, -0.2) is 0 Å². The van der Waals surface area contributed by atoms with Crippen LogP contribution in [0.25, 0.3) is 11.0 Å². The smallest absolute Gasteiger partial charge is 0.261 e. The monoisotopic (exact) mass is 557 g/mol. The third kappa shape index (κ3) is 5.74. The maximum Gasteiger partial charge on any atom is 0.261 e. The number of fused-ring (bicyclic) bond motifs is 2. The van der Waals surface area contributed by atoms with Gasteiger partial charge in [0.05, 0.1) is 29.6 Å². The highest BCUT2D eigenvalue weighted by Crippen LogP contribution is 2.39. The fraction of sp³-hybridized carbons (Fsp3) is 0.355. The number of pyridine rings is 2. The first-order chi connectivity index (χ1) is 19.7. The van der Waals surface area contributed by atoms with E-state index >= 15 is 0 Å². The molecule has 4 heterocycles. The summed E-state index contributed by atoms with van der Waals surface area (Å²) in [6, 6.07) is 13.0. The predicted octanol–water partition coefficient (Wildman–Crippen LogP) is 3.76. The van der Waals surface area contributed by atoms with Gasteiger partial charge >= 0.3 is 0 Å². The quantitative estimate of drug-likeness (QED) is 0.234. The van der Waals surface area contributed by atoms with Gasteiger partial charge in [0.25, 0.3) is 5.56 Å². The molecule has 0 saturated heterocycles. The summed E-state index contributed by atoms with van der Waals surface area (Å²) in [4.78, 5) is 45.9. The van der Waals surface area contributed by atoms with Crippen molar-refractivity contribution in [3.05, 3.63) is 82.7 Å². The van der Waals surface area contributed by atoms with Crippen LogP contribution >= 0.6 is 0 Å². The lowest BCUT2D eigenvalue weighted by Crippen LogP contribution is -2.46. The highest BCUT2D eigenvalue weighted by Gasteiger charge is 2.44. The summed E-state index contributed by atoms with van der Waals surface area (Å²) in [5.41, 5.74) is 2.76. The Morgan fingerprint density at radius 3 is 2.56 bits per heavy atom. The number of aryl methyl sites for hydroxylation is 2. The fourth-order valence-corrected chi connectivity index (χ4v) is 5.11. The molecule has 1 aromatic carbocycles. The number of amides is 2. The van der Waals surface area contributed by atoms with Crippen molar-refractivity contribution in [2.45, 2.75) is 39.8 Å². The molecule has 41 heavy (non-hydrogen) atoms. The lowest BCUT2D eigenvalue weighted by atomic mass is 9.90. The van der Waals surface area contributed by atoms with Crippen molar-refractivity contribution < 1.29 is 18.7 Å². The van der Waals surface area contributed by atoms with Crippen LogP contribution in [0, 0.1) is 5.41 Å². The van der Waals surface area contributed by atoms with Gasteiger partial charge in [-0.2, -0.15) is 0 Å². The van der Waals surface area contributed by atoms with Crippen molar-refractivity contribution in [1.82, 2.24) is 14.9 Å². The number of rotatable bonds is 10. The molecule has 0 fully saturated rings. The first-order valence-electron chi connectivity index (χ1n) is 13.7. The third-order valence-corrected chi connectivity index (χ3v) is 7.53. The summed E-state index contributed by atoms with van der Waals surface area (Å²) in [6.07, 6.45) is 6.51. The molecule has 0 unspecified atom stereocenters. The highest BCUT2D eigenvalue weighted by molar-refractivity contribution is 6.19. The molecule has 3 aromatic heterocycles. The molecule has 1 aliphatic rings. The molecule has 10 nitrogen and oxygen atoms in total. The molecule has 0 saturated carbocycles. The van der Waals surface area contributed by atoms with Crippen LogP contribution < -0.4 is 25.4 Å². The Balaban J connectivity index is 1.09. The summed E-state index contributed by atoms with van der Waals surface area (Å²) in [5, 5.41) is 4.02. The van der Waals surface area contributed by atoms with Gasteiger partial charge in [0, 0.05) is 57.8 Å². The minimum atomic E-state index is -1.14. The average molecular weight is 558 g/mol. The normalized spacial score (nSPS) is 14.8. The summed E-state index contributed by atoms with van der Waals surface area (Å²) in [5.74, 6) is 0.157. The maximum atomic E-state index is 12.9. The Kier molecular flexibility index (Phi) is 7.94. The van der Waals surface area contributed by atoms with E-state index in [2.05, 4.69) is 16.4 Å². The van der Waals surface area contributed by atoms with E-state index in [1.807, 2.05) is 30.3 Å². The Morgan fingerprint density at radius 1 is 0.976 bits per heavy atom. The molecule has 214 valence electrons. The number of ether oxygens (including phenoxy) is 1. The Morgan fingerprint density at radius 2 is 1.76 bits per heavy atom. The molecule has 0 radical (unpaired) electrons. The number of anilines is 2. The number of hydrogen-bond acceptors (Lipinski definition) is 7. The molecule has 0 spiro atoms. The van der Waals surface area contributed by atoms with Crippen LogP contribution in [0.4, 0.5) is 11.4 Å². The molecule has 5 rings (SSSR count). The Hall–Kier alpha value is -4.44. The zero-order valence-electron chi connectivity index (χ0n) is 23.8. The fourth-order valence-electron chi connectivity index (χ4n) is 5.11. The van der Waals surface area contributed by atoms with E-state index in [9.17, 15) is 14.4 Å². The van der Waals surface area contributed by atoms with Gasteiger partial charge in [-0.1, -0.05) is 0 Å². The van der Waals surface area contributed by atoms with Crippen LogP contribution in [-0.4, -0.2) is 48.6 Å². The van der Waals surface area contributed by atoms with Gasteiger partial charge in [0.15, 0.2) is 0 Å². The number of nitrogens with zero attached hydrogens (tertiary/aromatic N) is 4. The molecule has 0 aliphatic carbocycles. The van der Waals surface area contributed by atoms with E-state index in [0.717, 1.165) is 24.2 Å². The van der Waals surface area contributed by atoms with Crippen molar-refractivity contribution in [1.29, 1.82) is 0 Å². The van der Waals surface area contributed by atoms with Gasteiger partial charge in [-0.05, 0) is 68.8 Å². The van der Waals surface area contributed by atoms with Crippen LogP contribution in [0.2, 0.25) is 0 Å². The number of nitrogens with one attached hydrogen (secondary N) is 1. The number of aromatic nitrogens is 2. The van der Waals surface area contributed by atoms with Crippen LogP contribution in [0.3, 0.4) is 0 Å². The third-order valence-electron chi connectivity index (χ3n) is 7.53. The Bertz CT molecular complexity index is 1640. The number of hydrogen-bond donors (Lipinski definition) is 1. The molecular weight excluding hydrogens is 522 g/mol. The van der Waals surface area contributed by atoms with Gasteiger partial charge in [0.1, 0.15) is 16.7 Å². The van der Waals surface area contributed by atoms with E-state index in [0.29, 0.717) is 54.2 Å². The SMILES string of the molecule is CN1C(=O)C(C)(C)C(=O)N(C)c2cc(OCCCNCc3ccnc(CCn4ccc5occc5c4=O)c3)ccc21. The van der Waals surface area contributed by atoms with Gasteiger partial charge in [0.2, 0.25) is 11.8 Å². The number of carbonyl (C=O) groups excluding carboxylic acids is 2. The van der Waals surface area contributed by atoms with Gasteiger partial charge in [-0.15, -0.1) is 0 Å². The van der Waals surface area contributed by atoms with Crippen molar-refractivity contribution in [2.24, 2.45) is 5.41 Å². The molecular formula is C31H35N5O5. The largest absolute Gasteiger partial charge is 0.493 e. The second-order valence-corrected chi connectivity index (χ2v) is 10.8. The van der Waals surface area contributed by atoms with Crippen molar-refractivity contribution in [3.8, 4) is 5.75 Å². The van der Waals surface area contributed by atoms with Crippen LogP contribution in [0.1, 0.15) is 31.5 Å². The minimum Gasteiger partial charge on any atom is -0.493 e. The van der Waals surface area contributed by atoms with Crippen LogP contribution in [0.15, 0.2) is 70.3 Å². The molecule has 4 aromatic rings. The van der Waals surface area contributed by atoms with Gasteiger partial charge in [-0.3, -0.25) is 19.4 Å². The summed E-state index contributed by atoms with van der Waals surface area (Å²) >= 11 is 0. The lowest BCUT2D eigenvalue weighted by Gasteiger charge is -2.25. The molecule has 0 atom stereocenters. The lowest BCUT2D eigenvalue weighted by molar-refractivity contribution is -0.137. The van der Waals surface area contributed by atoms with E-state index in [4.69, 9.17) is 9.15 Å². The van der Waals surface area contributed by atoms with Crippen molar-refractivity contribution in [3.63, 3.8) is 0 Å². The molecule has 1 aliphatic heterocycles. The van der Waals surface area contributed by atoms with E-state index in [-0.39, 0.29) is 17.4 Å². The maximum absolute atomic E-state index is 12.9. The Labute approximate surface area is 238 Å². The summed E-state index contributed by atoms with van der Waals surface area (Å²) < 4.78 is 12.9. The van der Waals surface area contributed by atoms with E-state index in [1.165, 1.54) is 16.1 Å². The summed E-state index contributed by atoms with van der Waals surface area (Å²) in [7, 11) is 3.38. The number of furan rings is 1. The van der Waals surface area contributed by atoms with E-state index in [1.54, 1.807) is 51.0 Å². The second kappa shape index (κ2) is 11.6. The number of benzene rings is 1. The molecule has 0 bridgehead atoms. The highest BCUT2D eigenvalue weighted by atomic mass is 16.5. The number of carbonyl (C=O) groups is 2. The van der Waals surface area contributed by atoms with Crippen LogP contribution in [-0.2, 0) is 29.1 Å². The molecule has 1 N–H and O–H groups in total. The zero-order chi connectivity index (χ0) is 29.1. The van der Waals surface area contributed by atoms with Crippen molar-refractivity contribution in [2.75, 3.05) is 37.0 Å². The first kappa shape index (κ1) is 28.1. The molecule has 10 heteroatoms. The van der Waals surface area contributed by atoms with Gasteiger partial charge < -0.3 is 28.8 Å². The molecule has 2 amide bonds. The minimum absolute atomic E-state index is 0.0610. The topological polar surface area (TPSA) is 110 Å². The summed E-state index contributed by atoms with van der Waals surface area (Å²) in [6.45, 7) is 5.79. The average Bonchev–Trinajstić information content (AvgIpc) is 3.45. The van der Waals surface area contributed by atoms with Crippen LogP contribution in [0.5, 0.6) is 5.75 Å². The zero-order valence-corrected chi connectivity index (χ0v) is 23.8. The standard InChI is InChI=1S/C31H35N5O5/c1-31(2)29(38)34(3)25-7-6-23(19-26(25)35(4)30(31)39)40-16-5-12-32-20-21-8-13-33-22(18-21)9-14-36-15-10-27-24(28(36)37)11-17-41-27/h6-8,10-11,13,15,17-19,32H,5,9,12,14,16,20H2,1-4H3. The predicted molar refractivity (Wildman–Crippen MR) is 157 cm³/mol. The first-order valence-corrected chi connectivity index (χ1v) is 13.7. The van der Waals surface area contributed by atoms with Crippen molar-refractivity contribution >= 4 is 34.2 Å². The second-order valence-electron chi connectivity index (χ2n) is 10.8.